The number of thiazole rings is 1. The number of carbonyl (C=O) groups excluding carboxylic acids is 1. The van der Waals surface area contributed by atoms with Crippen molar-refractivity contribution >= 4 is 17.2 Å². The highest BCUT2D eigenvalue weighted by Gasteiger charge is 2.07. The molecular formula is C10H17N3O2S. The molecule has 16 heavy (non-hydrogen) atoms. The molecule has 0 aliphatic heterocycles. The van der Waals surface area contributed by atoms with Crippen molar-refractivity contribution < 1.29 is 9.53 Å². The van der Waals surface area contributed by atoms with E-state index in [9.17, 15) is 4.79 Å². The molecule has 1 aromatic rings. The predicted octanol–water partition coefficient (Wildman–Crippen LogP) is 0.604. The molecule has 0 bridgehead atoms. The van der Waals surface area contributed by atoms with Crippen LogP contribution in [0.5, 0.6) is 0 Å². The van der Waals surface area contributed by atoms with Crippen LogP contribution in [0.25, 0.3) is 0 Å². The lowest BCUT2D eigenvalue weighted by Gasteiger charge is -2.11. The maximum absolute atomic E-state index is 10.4. The van der Waals surface area contributed by atoms with Crippen LogP contribution >= 0.6 is 11.3 Å². The summed E-state index contributed by atoms with van der Waals surface area (Å²) in [5.74, 6) is -0.442. The second-order valence-electron chi connectivity index (χ2n) is 3.49. The number of hydrogen-bond acceptors (Lipinski definition) is 5. The number of aryl methyl sites for hydroxylation is 1. The molecule has 0 radical (unpaired) electrons. The third-order valence-corrected chi connectivity index (χ3v) is 2.81. The minimum absolute atomic E-state index is 0.0220. The van der Waals surface area contributed by atoms with E-state index in [1.807, 2.05) is 19.2 Å². The summed E-state index contributed by atoms with van der Waals surface area (Å²) in [6.45, 7) is 5.15. The van der Waals surface area contributed by atoms with E-state index in [4.69, 9.17) is 10.5 Å². The van der Waals surface area contributed by atoms with Gasteiger partial charge in [0, 0.05) is 18.0 Å². The van der Waals surface area contributed by atoms with Crippen LogP contribution in [0.3, 0.4) is 0 Å². The average molecular weight is 243 g/mol. The first-order chi connectivity index (χ1) is 7.59. The number of carbonyl (C=O) groups is 1. The lowest BCUT2D eigenvalue weighted by molar-refractivity contribution is -0.122. The highest BCUT2D eigenvalue weighted by atomic mass is 32.1. The van der Waals surface area contributed by atoms with E-state index in [1.165, 1.54) is 0 Å². The summed E-state index contributed by atoms with van der Waals surface area (Å²) < 4.78 is 5.03. The Morgan fingerprint density at radius 2 is 2.50 bits per heavy atom. The highest BCUT2D eigenvalue weighted by molar-refractivity contribution is 7.09. The summed E-state index contributed by atoms with van der Waals surface area (Å²) in [5, 5.41) is 6.36. The van der Waals surface area contributed by atoms with Gasteiger partial charge in [0.25, 0.3) is 0 Å². The first-order valence-electron chi connectivity index (χ1n) is 5.11. The standard InChI is InChI=1S/C10H17N3O2S/c1-7(9-6-16-8(2)13-9)12-3-4-15-5-10(11)14/h6-7,12H,3-5H2,1-2H3,(H2,11,14). The molecule has 0 spiro atoms. The number of hydrogen-bond donors (Lipinski definition) is 2. The molecule has 0 aliphatic carbocycles. The van der Waals surface area contributed by atoms with E-state index in [2.05, 4.69) is 10.3 Å². The monoisotopic (exact) mass is 243 g/mol. The molecule has 1 unspecified atom stereocenters. The normalized spacial score (nSPS) is 12.6. The van der Waals surface area contributed by atoms with Crippen LogP contribution in [-0.4, -0.2) is 30.6 Å². The minimum atomic E-state index is -0.442. The van der Waals surface area contributed by atoms with Crippen molar-refractivity contribution in [3.63, 3.8) is 0 Å². The zero-order valence-corrected chi connectivity index (χ0v) is 10.3. The van der Waals surface area contributed by atoms with Crippen molar-refractivity contribution in [2.75, 3.05) is 19.8 Å². The van der Waals surface area contributed by atoms with E-state index in [-0.39, 0.29) is 12.6 Å². The van der Waals surface area contributed by atoms with Crippen molar-refractivity contribution in [3.05, 3.63) is 16.1 Å². The van der Waals surface area contributed by atoms with Gasteiger partial charge in [-0.1, -0.05) is 0 Å². The van der Waals surface area contributed by atoms with Gasteiger partial charge >= 0.3 is 0 Å². The Balaban J connectivity index is 2.15. The number of amides is 1. The Labute approximate surface area is 99.0 Å². The predicted molar refractivity (Wildman–Crippen MR) is 63.3 cm³/mol. The molecule has 0 saturated heterocycles. The van der Waals surface area contributed by atoms with Crippen molar-refractivity contribution in [3.8, 4) is 0 Å². The summed E-state index contributed by atoms with van der Waals surface area (Å²) in [6, 6.07) is 0.196. The lowest BCUT2D eigenvalue weighted by Crippen LogP contribution is -2.26. The Morgan fingerprint density at radius 1 is 1.75 bits per heavy atom. The molecule has 1 aromatic heterocycles. The maximum atomic E-state index is 10.4. The van der Waals surface area contributed by atoms with Gasteiger partial charge in [-0.3, -0.25) is 4.79 Å². The molecule has 5 nitrogen and oxygen atoms in total. The second-order valence-corrected chi connectivity index (χ2v) is 4.55. The van der Waals surface area contributed by atoms with Crippen LogP contribution in [0.4, 0.5) is 0 Å². The molecule has 90 valence electrons. The molecule has 1 heterocycles. The van der Waals surface area contributed by atoms with E-state index < -0.39 is 5.91 Å². The number of primary amides is 1. The van der Waals surface area contributed by atoms with Crippen molar-refractivity contribution in [1.82, 2.24) is 10.3 Å². The highest BCUT2D eigenvalue weighted by Crippen LogP contribution is 2.15. The molecule has 0 fully saturated rings. The van der Waals surface area contributed by atoms with Crippen molar-refractivity contribution in [2.45, 2.75) is 19.9 Å². The fourth-order valence-electron chi connectivity index (χ4n) is 1.20. The number of aromatic nitrogens is 1. The quantitative estimate of drug-likeness (QED) is 0.688. The topological polar surface area (TPSA) is 77.2 Å². The first kappa shape index (κ1) is 13.1. The molecule has 1 rings (SSSR count). The van der Waals surface area contributed by atoms with Crippen molar-refractivity contribution in [2.24, 2.45) is 5.73 Å². The molecule has 0 saturated carbocycles. The third kappa shape index (κ3) is 4.69. The number of nitrogens with zero attached hydrogens (tertiary/aromatic N) is 1. The van der Waals surface area contributed by atoms with Crippen LogP contribution in [0.1, 0.15) is 23.7 Å². The van der Waals surface area contributed by atoms with E-state index >= 15 is 0 Å². The second kappa shape index (κ2) is 6.57. The van der Waals surface area contributed by atoms with Crippen LogP contribution in [0, 0.1) is 6.92 Å². The summed E-state index contributed by atoms with van der Waals surface area (Å²) in [7, 11) is 0. The molecule has 0 aromatic carbocycles. The van der Waals surface area contributed by atoms with Gasteiger partial charge in [-0.15, -0.1) is 11.3 Å². The average Bonchev–Trinajstić information content (AvgIpc) is 2.63. The Hall–Kier alpha value is -0.980. The zero-order valence-electron chi connectivity index (χ0n) is 9.53. The van der Waals surface area contributed by atoms with Crippen LogP contribution < -0.4 is 11.1 Å². The zero-order chi connectivity index (χ0) is 12.0. The van der Waals surface area contributed by atoms with E-state index in [1.54, 1.807) is 11.3 Å². The van der Waals surface area contributed by atoms with Gasteiger partial charge in [0.1, 0.15) is 6.61 Å². The summed E-state index contributed by atoms with van der Waals surface area (Å²) >= 11 is 1.64. The maximum Gasteiger partial charge on any atom is 0.243 e. The largest absolute Gasteiger partial charge is 0.370 e. The van der Waals surface area contributed by atoms with Crippen LogP contribution in [-0.2, 0) is 9.53 Å². The number of rotatable bonds is 7. The summed E-state index contributed by atoms with van der Waals surface area (Å²) in [6.07, 6.45) is 0. The third-order valence-electron chi connectivity index (χ3n) is 2.02. The van der Waals surface area contributed by atoms with Crippen LogP contribution in [0.15, 0.2) is 5.38 Å². The SMILES string of the molecule is Cc1nc(C(C)NCCOCC(N)=O)cs1. The summed E-state index contributed by atoms with van der Waals surface area (Å²) in [5.41, 5.74) is 5.97. The molecule has 3 N–H and O–H groups in total. The van der Waals surface area contributed by atoms with Crippen LogP contribution in [0.2, 0.25) is 0 Å². The number of nitrogens with two attached hydrogens (primary N) is 1. The van der Waals surface area contributed by atoms with Gasteiger partial charge in [0.2, 0.25) is 5.91 Å². The van der Waals surface area contributed by atoms with Gasteiger partial charge in [0.15, 0.2) is 0 Å². The molecule has 1 atom stereocenters. The van der Waals surface area contributed by atoms with Gasteiger partial charge < -0.3 is 15.8 Å². The van der Waals surface area contributed by atoms with Gasteiger partial charge in [-0.05, 0) is 13.8 Å². The molecular weight excluding hydrogens is 226 g/mol. The fourth-order valence-corrected chi connectivity index (χ4v) is 1.91. The van der Waals surface area contributed by atoms with Crippen molar-refractivity contribution in [1.29, 1.82) is 0 Å². The number of nitrogens with one attached hydrogen (secondary N) is 1. The minimum Gasteiger partial charge on any atom is -0.370 e. The molecule has 6 heteroatoms. The van der Waals surface area contributed by atoms with E-state index in [0.29, 0.717) is 13.2 Å². The fraction of sp³-hybridized carbons (Fsp3) is 0.600. The smallest absolute Gasteiger partial charge is 0.243 e. The lowest BCUT2D eigenvalue weighted by atomic mass is 10.2. The summed E-state index contributed by atoms with van der Waals surface area (Å²) in [4.78, 5) is 14.8. The van der Waals surface area contributed by atoms with Gasteiger partial charge in [-0.2, -0.15) is 0 Å². The Morgan fingerprint density at radius 3 is 3.06 bits per heavy atom. The number of ether oxygens (including phenoxy) is 1. The Kier molecular flexibility index (Phi) is 5.37. The Bertz CT molecular complexity index is 341. The molecule has 0 aliphatic rings. The van der Waals surface area contributed by atoms with Gasteiger partial charge in [-0.25, -0.2) is 4.98 Å². The molecule has 1 amide bonds. The first-order valence-corrected chi connectivity index (χ1v) is 5.99. The van der Waals surface area contributed by atoms with Gasteiger partial charge in [0.05, 0.1) is 17.3 Å². The van der Waals surface area contributed by atoms with E-state index in [0.717, 1.165) is 10.7 Å².